The number of carbonyl (C=O) groups excluding carboxylic acids is 1. The number of esters is 1. The summed E-state index contributed by atoms with van der Waals surface area (Å²) in [6, 6.07) is 0. The number of hydrogen-bond acceptors (Lipinski definition) is 2. The molecular formula is C15H17Cl2F3O2. The van der Waals surface area contributed by atoms with Crippen LogP contribution < -0.4 is 0 Å². The molecule has 0 aromatic carbocycles. The Kier molecular flexibility index (Phi) is 4.88. The highest BCUT2D eigenvalue weighted by molar-refractivity contribution is 6.30. The van der Waals surface area contributed by atoms with Crippen LogP contribution in [-0.4, -0.2) is 24.1 Å². The second-order valence-corrected chi connectivity index (χ2v) is 7.01. The van der Waals surface area contributed by atoms with Crippen LogP contribution in [0.5, 0.6) is 0 Å². The molecule has 0 aromatic heterocycles. The van der Waals surface area contributed by atoms with E-state index in [2.05, 4.69) is 0 Å². The molecule has 1 saturated carbocycles. The van der Waals surface area contributed by atoms with Crippen LogP contribution in [-0.2, 0) is 9.53 Å². The Balaban J connectivity index is 1.97. The van der Waals surface area contributed by atoms with E-state index in [1.54, 1.807) is 13.8 Å². The third-order valence-corrected chi connectivity index (χ3v) is 5.06. The van der Waals surface area contributed by atoms with Crippen molar-refractivity contribution < 1.29 is 22.7 Å². The van der Waals surface area contributed by atoms with Gasteiger partial charge in [-0.3, -0.25) is 4.79 Å². The van der Waals surface area contributed by atoms with Gasteiger partial charge in [-0.25, -0.2) is 0 Å². The number of carbonyl (C=O) groups is 1. The minimum atomic E-state index is -4.58. The maximum absolute atomic E-state index is 12.5. The summed E-state index contributed by atoms with van der Waals surface area (Å²) in [6.07, 6.45) is -0.804. The van der Waals surface area contributed by atoms with Gasteiger partial charge in [-0.15, -0.1) is 11.6 Å². The average molecular weight is 357 g/mol. The smallest absolute Gasteiger partial charge is 0.426 e. The molecule has 0 saturated heterocycles. The lowest BCUT2D eigenvalue weighted by Crippen LogP contribution is -2.19. The number of rotatable bonds is 4. The monoisotopic (exact) mass is 356 g/mol. The van der Waals surface area contributed by atoms with E-state index in [-0.39, 0.29) is 6.10 Å². The Morgan fingerprint density at radius 2 is 2.14 bits per heavy atom. The lowest BCUT2D eigenvalue weighted by molar-refractivity contribution is -0.151. The first-order valence-corrected chi connectivity index (χ1v) is 7.87. The molecule has 0 spiro atoms. The maximum Gasteiger partial charge on any atom is 0.426 e. The van der Waals surface area contributed by atoms with Crippen LogP contribution in [0.15, 0.2) is 22.8 Å². The molecule has 0 amide bonds. The standard InChI is InChI=1S/C15H17Cl2F3O2/c1-14(2)10(6-11(17)15(18,19)20)12(14)13(21)22-9-4-3-8(5-9)7-16/h3,6,9-10,12H,4-5,7H2,1-2H3/b11-6-/t9?,10-,12-/m1/s1. The number of ether oxygens (including phenoxy) is 1. The summed E-state index contributed by atoms with van der Waals surface area (Å²) in [5.41, 5.74) is 0.440. The molecule has 0 N–H and O–H groups in total. The summed E-state index contributed by atoms with van der Waals surface area (Å²) in [7, 11) is 0. The summed E-state index contributed by atoms with van der Waals surface area (Å²) in [5.74, 6) is -1.22. The van der Waals surface area contributed by atoms with Gasteiger partial charge in [-0.1, -0.05) is 43.2 Å². The van der Waals surface area contributed by atoms with E-state index in [9.17, 15) is 18.0 Å². The number of hydrogen-bond donors (Lipinski definition) is 0. The molecule has 1 unspecified atom stereocenters. The molecule has 2 aliphatic rings. The third kappa shape index (κ3) is 3.62. The van der Waals surface area contributed by atoms with Gasteiger partial charge in [0.2, 0.25) is 0 Å². The Morgan fingerprint density at radius 1 is 1.50 bits per heavy atom. The van der Waals surface area contributed by atoms with E-state index < -0.39 is 34.4 Å². The molecule has 0 radical (unpaired) electrons. The molecule has 2 nitrogen and oxygen atoms in total. The van der Waals surface area contributed by atoms with E-state index in [1.165, 1.54) is 0 Å². The fourth-order valence-corrected chi connectivity index (χ4v) is 3.24. The number of halogens is 5. The molecule has 0 bridgehead atoms. The first kappa shape index (κ1) is 17.7. The molecule has 3 atom stereocenters. The van der Waals surface area contributed by atoms with Gasteiger partial charge in [0.25, 0.3) is 0 Å². The largest absolute Gasteiger partial charge is 0.461 e. The molecule has 1 fully saturated rings. The van der Waals surface area contributed by atoms with E-state index in [1.807, 2.05) is 6.08 Å². The highest BCUT2D eigenvalue weighted by atomic mass is 35.5. The predicted molar refractivity (Wildman–Crippen MR) is 78.7 cm³/mol. The van der Waals surface area contributed by atoms with Gasteiger partial charge in [-0.2, -0.15) is 13.2 Å². The van der Waals surface area contributed by atoms with Crippen LogP contribution in [0.2, 0.25) is 0 Å². The Labute approximate surface area is 137 Å². The van der Waals surface area contributed by atoms with Gasteiger partial charge >= 0.3 is 12.1 Å². The van der Waals surface area contributed by atoms with Crippen molar-refractivity contribution in [2.45, 2.75) is 39.0 Å². The fraction of sp³-hybridized carbons (Fsp3) is 0.667. The summed E-state index contributed by atoms with van der Waals surface area (Å²) >= 11 is 11.0. The maximum atomic E-state index is 12.5. The van der Waals surface area contributed by atoms with Gasteiger partial charge < -0.3 is 4.74 Å². The zero-order valence-corrected chi connectivity index (χ0v) is 13.7. The second kappa shape index (κ2) is 6.08. The van der Waals surface area contributed by atoms with Crippen LogP contribution in [0.4, 0.5) is 13.2 Å². The van der Waals surface area contributed by atoms with Gasteiger partial charge in [0, 0.05) is 18.7 Å². The first-order valence-electron chi connectivity index (χ1n) is 6.96. The van der Waals surface area contributed by atoms with Crippen molar-refractivity contribution >= 4 is 29.2 Å². The van der Waals surface area contributed by atoms with E-state index >= 15 is 0 Å². The molecule has 0 aromatic rings. The van der Waals surface area contributed by atoms with Crippen molar-refractivity contribution in [3.05, 3.63) is 22.8 Å². The summed E-state index contributed by atoms with van der Waals surface area (Å²) in [4.78, 5) is 12.2. The topological polar surface area (TPSA) is 26.3 Å². The Morgan fingerprint density at radius 3 is 2.64 bits per heavy atom. The first-order chi connectivity index (χ1) is 10.1. The highest BCUT2D eigenvalue weighted by Gasteiger charge is 2.62. The molecule has 2 aliphatic carbocycles. The second-order valence-electron chi connectivity index (χ2n) is 6.33. The van der Waals surface area contributed by atoms with Gasteiger partial charge in [0.1, 0.15) is 11.1 Å². The molecule has 124 valence electrons. The lowest BCUT2D eigenvalue weighted by atomic mass is 10.1. The minimum absolute atomic E-state index is 0.264. The van der Waals surface area contributed by atoms with Crippen molar-refractivity contribution in [1.29, 1.82) is 0 Å². The van der Waals surface area contributed by atoms with Crippen LogP contribution in [0.1, 0.15) is 26.7 Å². The van der Waals surface area contributed by atoms with E-state index in [4.69, 9.17) is 27.9 Å². The molecule has 0 aliphatic heterocycles. The minimum Gasteiger partial charge on any atom is -0.461 e. The Hall–Kier alpha value is -0.680. The molecule has 0 heterocycles. The Bertz CT molecular complexity index is 523. The molecule has 22 heavy (non-hydrogen) atoms. The van der Waals surface area contributed by atoms with Gasteiger partial charge in [-0.05, 0) is 11.3 Å². The van der Waals surface area contributed by atoms with Crippen molar-refractivity contribution in [3.8, 4) is 0 Å². The highest BCUT2D eigenvalue weighted by Crippen LogP contribution is 2.60. The van der Waals surface area contributed by atoms with Gasteiger partial charge in [0.15, 0.2) is 0 Å². The molecular weight excluding hydrogens is 340 g/mol. The van der Waals surface area contributed by atoms with Crippen molar-refractivity contribution in [1.82, 2.24) is 0 Å². The zero-order valence-electron chi connectivity index (χ0n) is 12.2. The van der Waals surface area contributed by atoms with Crippen LogP contribution >= 0.6 is 23.2 Å². The van der Waals surface area contributed by atoms with Crippen LogP contribution in [0.3, 0.4) is 0 Å². The van der Waals surface area contributed by atoms with Crippen molar-refractivity contribution in [2.24, 2.45) is 17.3 Å². The number of alkyl halides is 4. The fourth-order valence-electron chi connectivity index (χ4n) is 2.88. The van der Waals surface area contributed by atoms with E-state index in [0.717, 1.165) is 11.6 Å². The van der Waals surface area contributed by atoms with E-state index in [0.29, 0.717) is 18.7 Å². The summed E-state index contributed by atoms with van der Waals surface area (Å²) < 4.78 is 42.9. The third-order valence-electron chi connectivity index (χ3n) is 4.38. The summed E-state index contributed by atoms with van der Waals surface area (Å²) in [6.45, 7) is 3.47. The molecule has 7 heteroatoms. The SMILES string of the molecule is CC1(C)[C@H](/C=C(\Cl)C(F)(F)F)[C@@H]1C(=O)OC1CC=C(CCl)C1. The van der Waals surface area contributed by atoms with Crippen LogP contribution in [0, 0.1) is 17.3 Å². The number of allylic oxidation sites excluding steroid dienone is 2. The molecule has 2 rings (SSSR count). The van der Waals surface area contributed by atoms with Crippen molar-refractivity contribution in [3.63, 3.8) is 0 Å². The predicted octanol–water partition coefficient (Wildman–Crippen LogP) is 4.81. The van der Waals surface area contributed by atoms with Crippen molar-refractivity contribution in [2.75, 3.05) is 5.88 Å². The normalized spacial score (nSPS) is 31.0. The summed E-state index contributed by atoms with van der Waals surface area (Å²) in [5, 5.41) is -1.19. The van der Waals surface area contributed by atoms with Gasteiger partial charge in [0.05, 0.1) is 5.92 Å². The van der Waals surface area contributed by atoms with Crippen LogP contribution in [0.25, 0.3) is 0 Å². The zero-order chi connectivity index (χ0) is 16.7. The lowest BCUT2D eigenvalue weighted by Gasteiger charge is -2.12. The average Bonchev–Trinajstić information content (AvgIpc) is 2.74. The quantitative estimate of drug-likeness (QED) is 0.410.